The number of aliphatic hydroxyl groups is 2. The van der Waals surface area contributed by atoms with Crippen molar-refractivity contribution in [3.63, 3.8) is 0 Å². The summed E-state index contributed by atoms with van der Waals surface area (Å²) in [4.78, 5) is 8.91. The Labute approximate surface area is 88.0 Å². The second-order valence-electron chi connectivity index (χ2n) is 3.31. The molecule has 3 N–H and O–H groups in total. The van der Waals surface area contributed by atoms with Crippen LogP contribution >= 0.6 is 7.82 Å². The number of rotatable bonds is 4. The van der Waals surface area contributed by atoms with Crippen LogP contribution in [0.4, 0.5) is 0 Å². The van der Waals surface area contributed by atoms with Gasteiger partial charge in [0.1, 0.15) is 26.2 Å². The molecule has 0 spiro atoms. The van der Waals surface area contributed by atoms with Crippen LogP contribution in [0.25, 0.3) is 0 Å². The van der Waals surface area contributed by atoms with Gasteiger partial charge in [-0.1, -0.05) is 0 Å². The summed E-state index contributed by atoms with van der Waals surface area (Å²) >= 11 is 0. The zero-order valence-electron chi connectivity index (χ0n) is 8.44. The number of phosphoric ester groups is 1. The zero-order valence-corrected chi connectivity index (χ0v) is 9.33. The first-order valence-electron chi connectivity index (χ1n) is 4.42. The quantitative estimate of drug-likeness (QED) is 0.379. The third kappa shape index (κ3) is 3.25. The Morgan fingerprint density at radius 1 is 1.47 bits per heavy atom. The minimum Gasteiger partial charge on any atom is -0.388 e. The van der Waals surface area contributed by atoms with Crippen LogP contribution < -0.4 is 0 Å². The van der Waals surface area contributed by atoms with Crippen LogP contribution in [0.3, 0.4) is 0 Å². The van der Waals surface area contributed by atoms with Crippen molar-refractivity contribution in [2.24, 2.45) is 0 Å². The molecule has 0 aromatic rings. The number of ether oxygens (including phenoxy) is 1. The molecule has 0 bridgehead atoms. The van der Waals surface area contributed by atoms with E-state index in [2.05, 4.69) is 9.05 Å². The number of phosphoric acid groups is 1. The van der Waals surface area contributed by atoms with Gasteiger partial charge in [0, 0.05) is 7.11 Å². The van der Waals surface area contributed by atoms with Crippen LogP contribution in [0, 0.1) is 0 Å². The molecule has 7 nitrogen and oxygen atoms in total. The largest absolute Gasteiger partial charge is 0.472 e. The maximum Gasteiger partial charge on any atom is 0.472 e. The predicted octanol–water partition coefficient (Wildman–Crippen LogP) is -2.17. The van der Waals surface area contributed by atoms with Crippen molar-refractivity contribution in [3.05, 3.63) is 0 Å². The molecule has 9 heteroatoms. The summed E-state index contributed by atoms with van der Waals surface area (Å²) in [7, 11) is -1.45. The van der Waals surface area contributed by atoms with Crippen molar-refractivity contribution in [2.75, 3.05) is 13.7 Å². The summed E-state index contributed by atoms with van der Waals surface area (Å²) in [6.07, 6.45) is -2.97. The van der Waals surface area contributed by atoms with E-state index in [9.17, 15) is 14.8 Å². The highest BCUT2D eigenvalue weighted by Crippen LogP contribution is 2.42. The molecular formula is C6H14BO7P. The summed E-state index contributed by atoms with van der Waals surface area (Å²) in [5.41, 5.74) is 0. The third-order valence-corrected chi connectivity index (χ3v) is 3.17. The number of hydrogen-bond acceptors (Lipinski definition) is 6. The molecule has 1 saturated heterocycles. The lowest BCUT2D eigenvalue weighted by atomic mass is 9.93. The van der Waals surface area contributed by atoms with Gasteiger partial charge in [0.15, 0.2) is 0 Å². The maximum absolute atomic E-state index is 10.9. The minimum atomic E-state index is -4.06. The fourth-order valence-electron chi connectivity index (χ4n) is 1.29. The highest BCUT2D eigenvalue weighted by Gasteiger charge is 2.41. The third-order valence-electron chi connectivity index (χ3n) is 2.23. The van der Waals surface area contributed by atoms with Crippen molar-refractivity contribution in [2.45, 2.75) is 24.3 Å². The smallest absolute Gasteiger partial charge is 0.388 e. The second kappa shape index (κ2) is 4.92. The standard InChI is InChI=1S/C6H14BO7P/c1-12-15(10,11)13-2-3-4(8)5(9)6(7)14-3/h3-6,8-9H,2,7H2,1H3,(H,10,11)/t3-,4?,5?,6-/m1/s1. The molecule has 15 heavy (non-hydrogen) atoms. The highest BCUT2D eigenvalue weighted by atomic mass is 31.2. The molecule has 0 saturated carbocycles. The minimum absolute atomic E-state index is 0.315. The van der Waals surface area contributed by atoms with E-state index in [1.54, 1.807) is 7.85 Å². The van der Waals surface area contributed by atoms with Gasteiger partial charge in [-0.25, -0.2) is 4.57 Å². The van der Waals surface area contributed by atoms with Crippen molar-refractivity contribution >= 4 is 15.7 Å². The first-order chi connectivity index (χ1) is 6.87. The molecule has 3 unspecified atom stereocenters. The van der Waals surface area contributed by atoms with Gasteiger partial charge in [-0.15, -0.1) is 0 Å². The topological polar surface area (TPSA) is 105 Å². The fourth-order valence-corrected chi connectivity index (χ4v) is 1.73. The molecular weight excluding hydrogens is 226 g/mol. The first kappa shape index (κ1) is 13.1. The van der Waals surface area contributed by atoms with Crippen LogP contribution in [0.15, 0.2) is 0 Å². The Kier molecular flexibility index (Phi) is 4.31. The van der Waals surface area contributed by atoms with E-state index < -0.39 is 32.1 Å². The Morgan fingerprint density at radius 2 is 2.07 bits per heavy atom. The van der Waals surface area contributed by atoms with Gasteiger partial charge in [0.05, 0.1) is 12.6 Å². The molecule has 88 valence electrons. The molecule has 1 aliphatic rings. The summed E-state index contributed by atoms with van der Waals surface area (Å²) in [6, 6.07) is -0.533. The van der Waals surface area contributed by atoms with Gasteiger partial charge >= 0.3 is 7.82 Å². The van der Waals surface area contributed by atoms with Crippen molar-refractivity contribution in [1.82, 2.24) is 0 Å². The molecule has 1 aliphatic heterocycles. The van der Waals surface area contributed by atoms with Crippen LogP contribution in [0.2, 0.25) is 0 Å². The van der Waals surface area contributed by atoms with E-state index in [4.69, 9.17) is 9.63 Å². The van der Waals surface area contributed by atoms with Crippen LogP contribution in [-0.2, 0) is 18.3 Å². The van der Waals surface area contributed by atoms with Crippen molar-refractivity contribution < 1.29 is 33.5 Å². The van der Waals surface area contributed by atoms with Gasteiger partial charge in [0.2, 0.25) is 0 Å². The maximum atomic E-state index is 10.9. The van der Waals surface area contributed by atoms with E-state index in [-0.39, 0.29) is 6.61 Å². The molecule has 0 amide bonds. The summed E-state index contributed by atoms with van der Waals surface area (Å²) in [6.45, 7) is -0.315. The van der Waals surface area contributed by atoms with Crippen LogP contribution in [0.5, 0.6) is 0 Å². The SMILES string of the molecule is B[C@@H]1O[C@H](COP(=O)(O)OC)C(O)C1O. The summed E-state index contributed by atoms with van der Waals surface area (Å²) in [5.74, 6) is 0. The average molecular weight is 240 g/mol. The Balaban J connectivity index is 2.44. The van der Waals surface area contributed by atoms with E-state index in [0.717, 1.165) is 7.11 Å². The Hall–Kier alpha value is 0.0549. The number of hydrogen-bond donors (Lipinski definition) is 3. The van der Waals surface area contributed by atoms with Crippen LogP contribution in [0.1, 0.15) is 0 Å². The predicted molar refractivity (Wildman–Crippen MR) is 52.0 cm³/mol. The van der Waals surface area contributed by atoms with Gasteiger partial charge in [-0.3, -0.25) is 9.05 Å². The second-order valence-corrected chi connectivity index (χ2v) is 4.87. The number of aliphatic hydroxyl groups excluding tert-OH is 2. The van der Waals surface area contributed by atoms with E-state index >= 15 is 0 Å². The van der Waals surface area contributed by atoms with Gasteiger partial charge in [-0.2, -0.15) is 0 Å². The molecule has 0 aromatic carbocycles. The molecule has 0 radical (unpaired) electrons. The van der Waals surface area contributed by atoms with Crippen molar-refractivity contribution in [3.8, 4) is 0 Å². The van der Waals surface area contributed by atoms with Gasteiger partial charge in [-0.05, 0) is 0 Å². The average Bonchev–Trinajstić information content (AvgIpc) is 2.43. The van der Waals surface area contributed by atoms with Gasteiger partial charge < -0.3 is 19.8 Å². The molecule has 0 aliphatic carbocycles. The summed E-state index contributed by atoms with van der Waals surface area (Å²) in [5, 5.41) is 18.8. The fraction of sp³-hybridized carbons (Fsp3) is 1.00. The lowest BCUT2D eigenvalue weighted by Gasteiger charge is -2.16. The molecule has 1 fully saturated rings. The monoisotopic (exact) mass is 240 g/mol. The molecule has 1 rings (SSSR count). The molecule has 0 aromatic heterocycles. The summed E-state index contributed by atoms with van der Waals surface area (Å²) < 4.78 is 24.7. The lowest BCUT2D eigenvalue weighted by Crippen LogP contribution is -2.34. The highest BCUT2D eigenvalue weighted by molar-refractivity contribution is 7.47. The Morgan fingerprint density at radius 3 is 2.47 bits per heavy atom. The van der Waals surface area contributed by atoms with Gasteiger partial charge in [0.25, 0.3) is 0 Å². The molecule has 5 atom stereocenters. The Bertz CT molecular complexity index is 262. The van der Waals surface area contributed by atoms with E-state index in [1.165, 1.54) is 0 Å². The van der Waals surface area contributed by atoms with Crippen molar-refractivity contribution in [1.29, 1.82) is 0 Å². The molecule has 1 heterocycles. The first-order valence-corrected chi connectivity index (χ1v) is 5.91. The normalized spacial score (nSPS) is 40.3. The lowest BCUT2D eigenvalue weighted by molar-refractivity contribution is -0.00994. The van der Waals surface area contributed by atoms with Crippen LogP contribution in [-0.4, -0.2) is 61.0 Å². The zero-order chi connectivity index (χ0) is 11.6. The van der Waals surface area contributed by atoms with E-state index in [0.29, 0.717) is 0 Å². The van der Waals surface area contributed by atoms with E-state index in [1.807, 2.05) is 0 Å².